The average molecular weight is 586 g/mol. The van der Waals surface area contributed by atoms with Crippen molar-refractivity contribution in [2.75, 3.05) is 32.2 Å². The van der Waals surface area contributed by atoms with Crippen LogP contribution in [0, 0.1) is 23.7 Å². The van der Waals surface area contributed by atoms with Crippen molar-refractivity contribution in [3.05, 3.63) is 40.8 Å². The first-order chi connectivity index (χ1) is 20.3. The van der Waals surface area contributed by atoms with Gasteiger partial charge in [-0.2, -0.15) is 0 Å². The molecule has 3 atom stereocenters. The van der Waals surface area contributed by atoms with Gasteiger partial charge in [-0.1, -0.05) is 6.08 Å². The molecular formula is C30H43N5O7. The highest BCUT2D eigenvalue weighted by Crippen LogP contribution is 2.53. The maximum atomic E-state index is 13.3. The fraction of sp³-hybridized carbons (Fsp3) is 0.667. The van der Waals surface area contributed by atoms with Crippen LogP contribution in [0.25, 0.3) is 0 Å². The molecule has 5 fully saturated rings. The van der Waals surface area contributed by atoms with Gasteiger partial charge >= 0.3 is 0 Å². The summed E-state index contributed by atoms with van der Waals surface area (Å²) in [7, 11) is 1.37. The summed E-state index contributed by atoms with van der Waals surface area (Å²) in [5.41, 5.74) is -0.477. The molecule has 1 saturated heterocycles. The van der Waals surface area contributed by atoms with Gasteiger partial charge in [-0.3, -0.25) is 19.2 Å². The zero-order valence-electron chi connectivity index (χ0n) is 24.1. The third-order valence-corrected chi connectivity index (χ3v) is 9.18. The van der Waals surface area contributed by atoms with Crippen LogP contribution in [0.1, 0.15) is 44.9 Å². The van der Waals surface area contributed by atoms with Gasteiger partial charge in [0.2, 0.25) is 17.7 Å². The van der Waals surface area contributed by atoms with Gasteiger partial charge in [-0.15, -0.1) is 0 Å². The Hall–Kier alpha value is -3.06. The molecule has 1 unspecified atom stereocenters. The topological polar surface area (TPSA) is 160 Å². The van der Waals surface area contributed by atoms with Crippen molar-refractivity contribution >= 4 is 23.4 Å². The molecule has 3 amide bonds. The van der Waals surface area contributed by atoms with Crippen molar-refractivity contribution < 1.29 is 29.0 Å². The second-order valence-electron chi connectivity index (χ2n) is 12.1. The molecule has 5 aliphatic rings. The minimum atomic E-state index is -1.07. The van der Waals surface area contributed by atoms with Gasteiger partial charge in [0.15, 0.2) is 6.29 Å². The minimum Gasteiger partial charge on any atom is -0.378 e. The number of pyridine rings is 1. The smallest absolute Gasteiger partial charge is 0.274 e. The minimum absolute atomic E-state index is 0.0219. The van der Waals surface area contributed by atoms with Gasteiger partial charge < -0.3 is 40.4 Å². The second kappa shape index (κ2) is 13.9. The summed E-state index contributed by atoms with van der Waals surface area (Å²) in [6.45, 7) is 1.08. The Labute approximate surface area is 245 Å². The number of methoxy groups -OCH3 is 1. The predicted octanol–water partition coefficient (Wildman–Crippen LogP) is 0.502. The lowest BCUT2D eigenvalue weighted by Gasteiger charge is -2.54. The molecule has 230 valence electrons. The van der Waals surface area contributed by atoms with Gasteiger partial charge in [-0.25, -0.2) is 0 Å². The second-order valence-corrected chi connectivity index (χ2v) is 12.1. The number of morpholine rings is 1. The molecule has 0 spiro atoms. The molecule has 4 saturated carbocycles. The van der Waals surface area contributed by atoms with Gasteiger partial charge in [-0.05, 0) is 86.8 Å². The largest absolute Gasteiger partial charge is 0.378 e. The summed E-state index contributed by atoms with van der Waals surface area (Å²) < 4.78 is 11.4. The van der Waals surface area contributed by atoms with Gasteiger partial charge in [0.25, 0.3) is 5.56 Å². The van der Waals surface area contributed by atoms with Crippen LogP contribution in [-0.4, -0.2) is 78.7 Å². The third-order valence-electron chi connectivity index (χ3n) is 9.18. The van der Waals surface area contributed by atoms with Crippen LogP contribution >= 0.6 is 0 Å². The monoisotopic (exact) mass is 585 g/mol. The molecule has 6 rings (SSSR count). The highest BCUT2D eigenvalue weighted by molar-refractivity contribution is 5.97. The number of amides is 3. The van der Waals surface area contributed by atoms with Crippen LogP contribution in [-0.2, 0) is 30.4 Å². The fourth-order valence-corrected chi connectivity index (χ4v) is 7.35. The van der Waals surface area contributed by atoms with Gasteiger partial charge in [0.05, 0.1) is 13.2 Å². The molecule has 42 heavy (non-hydrogen) atoms. The number of aliphatic hydroxyl groups excluding tert-OH is 1. The molecule has 0 aromatic carbocycles. The number of nitrogens with one attached hydrogen (secondary N) is 4. The van der Waals surface area contributed by atoms with Crippen molar-refractivity contribution in [2.45, 2.75) is 75.9 Å². The molecule has 4 aliphatic carbocycles. The summed E-state index contributed by atoms with van der Waals surface area (Å²) in [6.07, 6.45) is 10.2. The van der Waals surface area contributed by atoms with E-state index >= 15 is 0 Å². The standard InChI is InChI=1S/C30H43N5O7/c1-41-26(37)7-3-2-5-22(32-29(39)24-17-42-10-8-31-24)28(38)33-23-6-4-9-35(30(23)40)16-25(36)34-27-20-12-18-11-19(14-20)15-21(27)13-18/h3-4,6-7,9,18-22,24,26-27,31,37H,2,5,8,10-17H2,1H3,(H,32,39)(H,33,38)(H,34,36)/b7-3+/t18?,19?,20?,21?,22-,24+,26?,27?/m0/s1. The number of aliphatic hydroxyl groups is 1. The summed E-state index contributed by atoms with van der Waals surface area (Å²) >= 11 is 0. The molecule has 2 heterocycles. The number of hydrogen-bond donors (Lipinski definition) is 5. The Bertz CT molecular complexity index is 1180. The van der Waals surface area contributed by atoms with Crippen molar-refractivity contribution in [3.8, 4) is 0 Å². The van der Waals surface area contributed by atoms with Crippen LogP contribution in [0.4, 0.5) is 5.69 Å². The van der Waals surface area contributed by atoms with Crippen LogP contribution in [0.2, 0.25) is 0 Å². The number of hydrogen-bond acceptors (Lipinski definition) is 8. The van der Waals surface area contributed by atoms with Crippen LogP contribution in [0.3, 0.4) is 0 Å². The van der Waals surface area contributed by atoms with E-state index in [0.717, 1.165) is 11.8 Å². The lowest BCUT2D eigenvalue weighted by Crippen LogP contribution is -2.56. The number of anilines is 1. The maximum absolute atomic E-state index is 13.3. The van der Waals surface area contributed by atoms with E-state index < -0.39 is 29.8 Å². The van der Waals surface area contributed by atoms with E-state index in [0.29, 0.717) is 31.4 Å². The Kier molecular flexibility index (Phi) is 10.1. The molecular weight excluding hydrogens is 542 g/mol. The number of ether oxygens (including phenoxy) is 2. The van der Waals surface area contributed by atoms with E-state index in [-0.39, 0.29) is 43.1 Å². The molecule has 12 heteroatoms. The Balaban J connectivity index is 1.21. The van der Waals surface area contributed by atoms with E-state index in [2.05, 4.69) is 21.3 Å². The van der Waals surface area contributed by atoms with Gasteiger partial charge in [0, 0.05) is 25.9 Å². The SMILES string of the molecule is COC(O)/C=C/CC[C@H](NC(=O)[C@H]1COCCN1)C(=O)Nc1cccn(CC(=O)NC2C3CC4CC(C3)CC2C4)c1=O. The normalized spacial score (nSPS) is 29.7. The van der Waals surface area contributed by atoms with E-state index in [1.807, 2.05) is 0 Å². The van der Waals surface area contributed by atoms with Crippen molar-refractivity contribution in [1.29, 1.82) is 0 Å². The van der Waals surface area contributed by atoms with E-state index in [9.17, 15) is 24.3 Å². The number of carbonyl (C=O) groups is 3. The predicted molar refractivity (Wildman–Crippen MR) is 154 cm³/mol. The van der Waals surface area contributed by atoms with E-state index in [4.69, 9.17) is 9.47 Å². The maximum Gasteiger partial charge on any atom is 0.274 e. The Morgan fingerprint density at radius 1 is 1.19 bits per heavy atom. The summed E-state index contributed by atoms with van der Waals surface area (Å²) in [4.78, 5) is 52.4. The van der Waals surface area contributed by atoms with Crippen LogP contribution in [0.15, 0.2) is 35.3 Å². The summed E-state index contributed by atoms with van der Waals surface area (Å²) in [6, 6.07) is 1.72. The number of allylic oxidation sites excluding steroid dienone is 1. The molecule has 12 nitrogen and oxygen atoms in total. The highest BCUT2D eigenvalue weighted by Gasteiger charge is 2.48. The van der Waals surface area contributed by atoms with Crippen LogP contribution < -0.4 is 26.8 Å². The van der Waals surface area contributed by atoms with Gasteiger partial charge in [0.1, 0.15) is 24.3 Å². The molecule has 1 aromatic rings. The molecule has 1 aliphatic heterocycles. The first-order valence-corrected chi connectivity index (χ1v) is 15.1. The lowest BCUT2D eigenvalue weighted by atomic mass is 9.54. The molecule has 1 aromatic heterocycles. The van der Waals surface area contributed by atoms with Crippen molar-refractivity contribution in [3.63, 3.8) is 0 Å². The summed E-state index contributed by atoms with van der Waals surface area (Å²) in [5.74, 6) is 1.52. The first kappa shape index (κ1) is 30.4. The molecule has 0 radical (unpaired) electrons. The van der Waals surface area contributed by atoms with Crippen molar-refractivity contribution in [2.24, 2.45) is 23.7 Å². The van der Waals surface area contributed by atoms with Crippen LogP contribution in [0.5, 0.6) is 0 Å². The third kappa shape index (κ3) is 7.47. The zero-order valence-corrected chi connectivity index (χ0v) is 24.1. The Morgan fingerprint density at radius 2 is 1.93 bits per heavy atom. The number of carbonyl (C=O) groups excluding carboxylic acids is 3. The van der Waals surface area contributed by atoms with E-state index in [1.54, 1.807) is 12.1 Å². The lowest BCUT2D eigenvalue weighted by molar-refractivity contribution is -0.130. The first-order valence-electron chi connectivity index (χ1n) is 15.1. The number of aromatic nitrogens is 1. The quantitative estimate of drug-likeness (QED) is 0.175. The molecule has 4 bridgehead atoms. The molecule has 5 N–H and O–H groups in total. The highest BCUT2D eigenvalue weighted by atomic mass is 16.6. The van der Waals surface area contributed by atoms with Crippen molar-refractivity contribution in [1.82, 2.24) is 20.5 Å². The zero-order chi connectivity index (χ0) is 29.6. The summed E-state index contributed by atoms with van der Waals surface area (Å²) in [5, 5.41) is 21.2. The number of rotatable bonds is 12. The van der Waals surface area contributed by atoms with E-state index in [1.165, 1.54) is 62.1 Å². The average Bonchev–Trinajstić information content (AvgIpc) is 2.98. The Morgan fingerprint density at radius 3 is 2.60 bits per heavy atom. The number of nitrogens with zero attached hydrogens (tertiary/aromatic N) is 1. The fourth-order valence-electron chi connectivity index (χ4n) is 7.35.